The van der Waals surface area contributed by atoms with Crippen LogP contribution < -0.4 is 0 Å². The molecule has 4 rings (SSSR count). The second-order valence-electron chi connectivity index (χ2n) is 5.01. The first-order chi connectivity index (χ1) is 9.99. The Morgan fingerprint density at radius 2 is 0.857 bits per heavy atom. The van der Waals surface area contributed by atoms with E-state index in [1.807, 2.05) is 0 Å². The highest BCUT2D eigenvalue weighted by molar-refractivity contribution is 8.64. The van der Waals surface area contributed by atoms with Gasteiger partial charge in [-0.1, -0.05) is 6.92 Å². The van der Waals surface area contributed by atoms with E-state index >= 15 is 0 Å². The van der Waals surface area contributed by atoms with Crippen LogP contribution in [0.15, 0.2) is 0 Å². The van der Waals surface area contributed by atoms with Gasteiger partial charge in [-0.25, -0.2) is 0 Å². The number of hydrogen-bond acceptors (Lipinski definition) is 6. The molecular formula is C12H17Cl3S6. The Labute approximate surface area is 167 Å². The van der Waals surface area contributed by atoms with Gasteiger partial charge < -0.3 is 0 Å². The molecule has 4 aliphatic heterocycles. The van der Waals surface area contributed by atoms with Gasteiger partial charge in [0.05, 0.1) is 0 Å². The second-order valence-corrected chi connectivity index (χ2v) is 18.8. The Bertz CT molecular complexity index is 345. The average molecular weight is 460 g/mol. The van der Waals surface area contributed by atoms with Gasteiger partial charge in [-0.2, -0.15) is 0 Å². The van der Waals surface area contributed by atoms with Gasteiger partial charge in [0.15, 0.2) is 0 Å². The summed E-state index contributed by atoms with van der Waals surface area (Å²) < 4.78 is 0.777. The number of alkyl halides is 3. The molecular weight excluding hydrogens is 443 g/mol. The molecule has 4 fully saturated rings. The van der Waals surface area contributed by atoms with Gasteiger partial charge in [0.2, 0.25) is 0 Å². The fourth-order valence-corrected chi connectivity index (χ4v) is 25.7. The fourth-order valence-electron chi connectivity index (χ4n) is 2.69. The maximum atomic E-state index is 6.16. The Balaban J connectivity index is 2.00. The van der Waals surface area contributed by atoms with Crippen LogP contribution in [0.5, 0.6) is 0 Å². The lowest BCUT2D eigenvalue weighted by atomic mass is 10.5. The molecule has 0 nitrogen and oxygen atoms in total. The SMILES string of the molecule is CCC12SC3(CCCl)SC(CCCl)(S1)SC(CCCl)(S2)S3. The van der Waals surface area contributed by atoms with Crippen molar-refractivity contribution in [2.45, 2.75) is 46.3 Å². The smallest absolute Gasteiger partial charge is 0.114 e. The topological polar surface area (TPSA) is 0 Å². The first kappa shape index (κ1) is 18.8. The molecule has 0 N–H and O–H groups in total. The molecule has 0 aromatic heterocycles. The minimum Gasteiger partial charge on any atom is -0.127 e. The first-order valence-corrected chi connectivity index (χ1v) is 13.4. The van der Waals surface area contributed by atoms with Crippen molar-refractivity contribution in [1.82, 2.24) is 0 Å². The van der Waals surface area contributed by atoms with Crippen molar-refractivity contribution in [3.63, 3.8) is 0 Å². The summed E-state index contributed by atoms with van der Waals surface area (Å²) in [6, 6.07) is 0. The second kappa shape index (κ2) is 6.94. The summed E-state index contributed by atoms with van der Waals surface area (Å²) in [6.45, 7) is 2.32. The highest BCUT2D eigenvalue weighted by Gasteiger charge is 2.71. The molecule has 0 unspecified atom stereocenters. The van der Waals surface area contributed by atoms with E-state index in [9.17, 15) is 0 Å². The molecule has 0 amide bonds. The summed E-state index contributed by atoms with van der Waals surface area (Å²) in [5, 5.41) is 0. The summed E-state index contributed by atoms with van der Waals surface area (Å²) >= 11 is 31.3. The molecule has 0 spiro atoms. The van der Waals surface area contributed by atoms with Crippen LogP contribution in [-0.2, 0) is 0 Å². The van der Waals surface area contributed by atoms with Gasteiger partial charge in [0.1, 0.15) is 13.6 Å². The minimum absolute atomic E-state index is 0.178. The highest BCUT2D eigenvalue weighted by atomic mass is 35.5. The molecule has 122 valence electrons. The summed E-state index contributed by atoms with van der Waals surface area (Å²) in [5.41, 5.74) is 0. The number of halogens is 3. The molecule has 0 atom stereocenters. The van der Waals surface area contributed by atoms with Crippen molar-refractivity contribution < 1.29 is 0 Å². The number of hydrogen-bond donors (Lipinski definition) is 0. The van der Waals surface area contributed by atoms with Crippen molar-refractivity contribution in [3.05, 3.63) is 0 Å². The standard InChI is InChI=1S/C12H17Cl3S6/c1-2-9-16-10(3-6-13)19-11(17-9,4-7-14)21-12(18-9,20-10)5-8-15/h2-8H2,1H3. The largest absolute Gasteiger partial charge is 0.127 e. The summed E-state index contributed by atoms with van der Waals surface area (Å²) in [7, 11) is 0. The third-order valence-electron chi connectivity index (χ3n) is 3.50. The van der Waals surface area contributed by atoms with E-state index < -0.39 is 0 Å². The van der Waals surface area contributed by atoms with E-state index in [2.05, 4.69) is 77.5 Å². The summed E-state index contributed by atoms with van der Waals surface area (Å²) in [5.74, 6) is 2.17. The van der Waals surface area contributed by atoms with Gasteiger partial charge in [0, 0.05) is 17.6 Å². The van der Waals surface area contributed by atoms with Crippen molar-refractivity contribution in [3.8, 4) is 0 Å². The van der Waals surface area contributed by atoms with E-state index in [1.54, 1.807) is 0 Å². The number of thioether (sulfide) groups is 6. The van der Waals surface area contributed by atoms with E-state index in [0.717, 1.165) is 36.9 Å². The molecule has 4 heterocycles. The Hall–Kier alpha value is 2.97. The quantitative estimate of drug-likeness (QED) is 0.362. The van der Waals surface area contributed by atoms with Crippen LogP contribution in [0.2, 0.25) is 0 Å². The van der Waals surface area contributed by atoms with Gasteiger partial charge in [-0.15, -0.1) is 105 Å². The maximum absolute atomic E-state index is 6.16. The minimum atomic E-state index is 0.178. The van der Waals surface area contributed by atoms with Gasteiger partial charge in [-0.3, -0.25) is 0 Å². The van der Waals surface area contributed by atoms with Crippen LogP contribution in [0, 0.1) is 0 Å². The van der Waals surface area contributed by atoms with E-state index in [1.165, 1.54) is 6.42 Å². The zero-order chi connectivity index (χ0) is 15.2. The fraction of sp³-hybridized carbons (Fsp3) is 1.00. The monoisotopic (exact) mass is 458 g/mol. The van der Waals surface area contributed by atoms with Crippen molar-refractivity contribution >= 4 is 105 Å². The predicted molar refractivity (Wildman–Crippen MR) is 113 cm³/mol. The molecule has 0 aromatic carbocycles. The zero-order valence-electron chi connectivity index (χ0n) is 11.5. The lowest BCUT2D eigenvalue weighted by Gasteiger charge is -2.67. The van der Waals surface area contributed by atoms with Gasteiger partial charge >= 0.3 is 0 Å². The van der Waals surface area contributed by atoms with Crippen LogP contribution in [-0.4, -0.2) is 31.3 Å². The van der Waals surface area contributed by atoms with Crippen molar-refractivity contribution in [2.75, 3.05) is 17.6 Å². The van der Waals surface area contributed by atoms with E-state index in [-0.39, 0.29) is 13.6 Å². The van der Waals surface area contributed by atoms with Gasteiger partial charge in [-0.05, 0) is 25.7 Å². The highest BCUT2D eigenvalue weighted by Crippen LogP contribution is 2.90. The van der Waals surface area contributed by atoms with E-state index in [4.69, 9.17) is 34.8 Å². The maximum Gasteiger partial charge on any atom is 0.114 e. The third-order valence-corrected chi connectivity index (χ3v) is 16.5. The molecule has 0 saturated carbocycles. The van der Waals surface area contributed by atoms with Crippen molar-refractivity contribution in [2.24, 2.45) is 0 Å². The molecule has 21 heavy (non-hydrogen) atoms. The van der Waals surface area contributed by atoms with Crippen LogP contribution >= 0.6 is 105 Å². The van der Waals surface area contributed by atoms with Gasteiger partial charge in [0.25, 0.3) is 0 Å². The Morgan fingerprint density at radius 3 is 1.10 bits per heavy atom. The molecule has 0 radical (unpaired) electrons. The van der Waals surface area contributed by atoms with Crippen LogP contribution in [0.4, 0.5) is 0 Å². The number of rotatable bonds is 7. The van der Waals surface area contributed by atoms with Crippen LogP contribution in [0.1, 0.15) is 32.6 Å². The van der Waals surface area contributed by atoms with Crippen LogP contribution in [0.25, 0.3) is 0 Å². The van der Waals surface area contributed by atoms with Crippen molar-refractivity contribution in [1.29, 1.82) is 0 Å². The lowest BCUT2D eigenvalue weighted by molar-refractivity contribution is 0.872. The predicted octanol–water partition coefficient (Wildman–Crippen LogP) is 7.34. The molecule has 0 aliphatic carbocycles. The lowest BCUT2D eigenvalue weighted by Crippen LogP contribution is -2.54. The molecule has 9 heteroatoms. The third kappa shape index (κ3) is 3.47. The Kier molecular flexibility index (Phi) is 6.20. The van der Waals surface area contributed by atoms with E-state index in [0.29, 0.717) is 0 Å². The zero-order valence-corrected chi connectivity index (χ0v) is 18.7. The summed E-state index contributed by atoms with van der Waals surface area (Å²) in [6.07, 6.45) is 4.32. The molecule has 4 saturated heterocycles. The Morgan fingerprint density at radius 1 is 0.571 bits per heavy atom. The summed E-state index contributed by atoms with van der Waals surface area (Å²) in [4.78, 5) is 0. The normalized spacial score (nSPS) is 48.0. The van der Waals surface area contributed by atoms with Crippen LogP contribution in [0.3, 0.4) is 0 Å². The molecule has 4 bridgehead atoms. The molecule has 4 aliphatic rings. The molecule has 0 aromatic rings. The first-order valence-electron chi connectivity index (χ1n) is 6.87. The average Bonchev–Trinajstić information content (AvgIpc) is 2.36.